The summed E-state index contributed by atoms with van der Waals surface area (Å²) in [6.45, 7) is 7.40. The van der Waals surface area contributed by atoms with E-state index >= 15 is 0 Å². The quantitative estimate of drug-likeness (QED) is 0.736. The van der Waals surface area contributed by atoms with Crippen LogP contribution < -0.4 is 5.32 Å². The normalized spacial score (nSPS) is 17.0. The van der Waals surface area contributed by atoms with Gasteiger partial charge >= 0.3 is 0 Å². The zero-order valence-electron chi connectivity index (χ0n) is 16.8. The molecule has 1 amide bonds. The van der Waals surface area contributed by atoms with Crippen LogP contribution in [0.5, 0.6) is 0 Å². The van der Waals surface area contributed by atoms with Crippen molar-refractivity contribution in [2.24, 2.45) is 0 Å². The van der Waals surface area contributed by atoms with Gasteiger partial charge in [0.25, 0.3) is 0 Å². The zero-order valence-corrected chi connectivity index (χ0v) is 16.8. The Balaban J connectivity index is 1.47. The average Bonchev–Trinajstić information content (AvgIpc) is 3.27. The van der Waals surface area contributed by atoms with E-state index in [1.54, 1.807) is 16.6 Å². The van der Waals surface area contributed by atoms with Crippen LogP contribution in [0.4, 0.5) is 5.82 Å². The first kappa shape index (κ1) is 18.9. The third-order valence-corrected chi connectivity index (χ3v) is 5.01. The number of anilines is 1. The minimum absolute atomic E-state index is 0.0519. The van der Waals surface area contributed by atoms with E-state index in [9.17, 15) is 4.79 Å². The van der Waals surface area contributed by atoms with E-state index in [1.165, 1.54) is 0 Å². The van der Waals surface area contributed by atoms with Gasteiger partial charge in [-0.05, 0) is 36.2 Å². The molecule has 1 aliphatic heterocycles. The first-order valence-corrected chi connectivity index (χ1v) is 9.62. The van der Waals surface area contributed by atoms with Crippen molar-refractivity contribution >= 4 is 17.4 Å². The highest BCUT2D eigenvalue weighted by Gasteiger charge is 2.32. The van der Waals surface area contributed by atoms with E-state index in [-0.39, 0.29) is 17.4 Å². The average molecular weight is 389 g/mol. The molecule has 1 aromatic carbocycles. The Kier molecular flexibility index (Phi) is 4.66. The Labute approximate surface area is 169 Å². The zero-order chi connectivity index (χ0) is 20.6. The molecule has 0 aliphatic carbocycles. The van der Waals surface area contributed by atoms with Crippen LogP contribution in [-0.2, 0) is 16.8 Å². The van der Waals surface area contributed by atoms with Crippen molar-refractivity contribution in [2.75, 3.05) is 11.9 Å². The SMILES string of the molecule is CC(C)(C)c1nnc2ccc(NC3CCN(Cc4ccc(C#N)cc4)C3=O)nn12. The lowest BCUT2D eigenvalue weighted by molar-refractivity contribution is -0.128. The van der Waals surface area contributed by atoms with Crippen LogP contribution in [0.3, 0.4) is 0 Å². The Bertz CT molecular complexity index is 1090. The second-order valence-corrected chi connectivity index (χ2v) is 8.32. The molecular formula is C21H23N7O. The fourth-order valence-electron chi connectivity index (χ4n) is 3.45. The van der Waals surface area contributed by atoms with Gasteiger partial charge < -0.3 is 10.2 Å². The van der Waals surface area contributed by atoms with Crippen molar-refractivity contribution < 1.29 is 4.79 Å². The standard InChI is InChI=1S/C21H23N7O/c1-21(2,3)20-25-24-18-9-8-17(26-28(18)20)23-16-10-11-27(19(16)29)13-15-6-4-14(12-22)5-7-15/h4-9,16H,10-11,13H2,1-3H3,(H,23,26). The summed E-state index contributed by atoms with van der Waals surface area (Å²) in [7, 11) is 0. The molecule has 148 valence electrons. The van der Waals surface area contributed by atoms with Gasteiger partial charge in [-0.1, -0.05) is 32.9 Å². The van der Waals surface area contributed by atoms with Crippen LogP contribution in [0, 0.1) is 11.3 Å². The molecule has 1 saturated heterocycles. The molecule has 0 bridgehead atoms. The predicted octanol–water partition coefficient (Wildman–Crippen LogP) is 2.51. The number of carbonyl (C=O) groups excluding carboxylic acids is 1. The molecule has 0 spiro atoms. The molecule has 3 heterocycles. The molecule has 1 atom stereocenters. The Morgan fingerprint density at radius 1 is 1.17 bits per heavy atom. The first-order valence-electron chi connectivity index (χ1n) is 9.62. The third-order valence-electron chi connectivity index (χ3n) is 5.01. The van der Waals surface area contributed by atoms with E-state index in [2.05, 4.69) is 47.5 Å². The van der Waals surface area contributed by atoms with Gasteiger partial charge in [-0.15, -0.1) is 15.3 Å². The maximum absolute atomic E-state index is 12.8. The van der Waals surface area contributed by atoms with Gasteiger partial charge in [0.2, 0.25) is 5.91 Å². The minimum Gasteiger partial charge on any atom is -0.357 e. The van der Waals surface area contributed by atoms with Crippen molar-refractivity contribution in [1.29, 1.82) is 5.26 Å². The van der Waals surface area contributed by atoms with Gasteiger partial charge in [-0.2, -0.15) is 9.78 Å². The van der Waals surface area contributed by atoms with Gasteiger partial charge in [0, 0.05) is 18.5 Å². The van der Waals surface area contributed by atoms with Gasteiger partial charge in [-0.3, -0.25) is 4.79 Å². The van der Waals surface area contributed by atoms with Crippen LogP contribution in [-0.4, -0.2) is 43.2 Å². The molecule has 3 aromatic rings. The molecule has 1 N–H and O–H groups in total. The summed E-state index contributed by atoms with van der Waals surface area (Å²) in [6, 6.07) is 12.8. The number of aromatic nitrogens is 4. The summed E-state index contributed by atoms with van der Waals surface area (Å²) >= 11 is 0. The second-order valence-electron chi connectivity index (χ2n) is 8.32. The van der Waals surface area contributed by atoms with E-state index in [1.807, 2.05) is 29.2 Å². The maximum Gasteiger partial charge on any atom is 0.245 e. The van der Waals surface area contributed by atoms with Crippen LogP contribution in [0.1, 0.15) is 44.1 Å². The Morgan fingerprint density at radius 3 is 2.62 bits per heavy atom. The number of hydrogen-bond acceptors (Lipinski definition) is 6. The first-order chi connectivity index (χ1) is 13.8. The Hall–Kier alpha value is -3.47. The summed E-state index contributed by atoms with van der Waals surface area (Å²) in [5.41, 5.74) is 2.12. The van der Waals surface area contributed by atoms with E-state index in [0.717, 1.165) is 11.4 Å². The number of nitrogens with one attached hydrogen (secondary N) is 1. The number of amides is 1. The highest BCUT2D eigenvalue weighted by atomic mass is 16.2. The van der Waals surface area contributed by atoms with E-state index < -0.39 is 0 Å². The molecular weight excluding hydrogens is 366 g/mol. The largest absolute Gasteiger partial charge is 0.357 e. The third kappa shape index (κ3) is 3.76. The van der Waals surface area contributed by atoms with Gasteiger partial charge in [0.1, 0.15) is 11.9 Å². The van der Waals surface area contributed by atoms with E-state index in [0.29, 0.717) is 36.5 Å². The van der Waals surface area contributed by atoms with Gasteiger partial charge in [0.15, 0.2) is 11.5 Å². The molecule has 4 rings (SSSR count). The van der Waals surface area contributed by atoms with Crippen LogP contribution >= 0.6 is 0 Å². The van der Waals surface area contributed by atoms with Crippen LogP contribution in [0.25, 0.3) is 5.65 Å². The summed E-state index contributed by atoms with van der Waals surface area (Å²) in [5.74, 6) is 1.45. The van der Waals surface area contributed by atoms with Crippen molar-refractivity contribution in [3.05, 3.63) is 53.3 Å². The molecule has 2 aromatic heterocycles. The van der Waals surface area contributed by atoms with Crippen LogP contribution in [0.2, 0.25) is 0 Å². The molecule has 1 unspecified atom stereocenters. The predicted molar refractivity (Wildman–Crippen MR) is 108 cm³/mol. The fraction of sp³-hybridized carbons (Fsp3) is 0.381. The summed E-state index contributed by atoms with van der Waals surface area (Å²) in [6.07, 6.45) is 0.711. The lowest BCUT2D eigenvalue weighted by Gasteiger charge is -2.18. The van der Waals surface area contributed by atoms with Gasteiger partial charge in [0.05, 0.1) is 11.6 Å². The molecule has 8 heteroatoms. The summed E-state index contributed by atoms with van der Waals surface area (Å²) < 4.78 is 1.73. The summed E-state index contributed by atoms with van der Waals surface area (Å²) in [5, 5.41) is 25.2. The van der Waals surface area contributed by atoms with Crippen molar-refractivity contribution in [3.63, 3.8) is 0 Å². The van der Waals surface area contributed by atoms with Crippen molar-refractivity contribution in [2.45, 2.75) is 45.2 Å². The molecule has 29 heavy (non-hydrogen) atoms. The number of benzene rings is 1. The molecule has 1 fully saturated rings. The lowest BCUT2D eigenvalue weighted by atomic mass is 9.96. The highest BCUT2D eigenvalue weighted by Crippen LogP contribution is 2.22. The number of nitrogens with zero attached hydrogens (tertiary/aromatic N) is 6. The fourth-order valence-corrected chi connectivity index (χ4v) is 3.45. The Morgan fingerprint density at radius 2 is 1.93 bits per heavy atom. The monoisotopic (exact) mass is 389 g/mol. The van der Waals surface area contributed by atoms with Crippen LogP contribution in [0.15, 0.2) is 36.4 Å². The maximum atomic E-state index is 12.8. The number of nitriles is 1. The molecule has 0 saturated carbocycles. The van der Waals surface area contributed by atoms with Crippen molar-refractivity contribution in [1.82, 2.24) is 24.7 Å². The molecule has 8 nitrogen and oxygen atoms in total. The van der Waals surface area contributed by atoms with Crippen molar-refractivity contribution in [3.8, 4) is 6.07 Å². The lowest BCUT2D eigenvalue weighted by Crippen LogP contribution is -2.33. The highest BCUT2D eigenvalue weighted by molar-refractivity contribution is 5.86. The smallest absolute Gasteiger partial charge is 0.245 e. The minimum atomic E-state index is -0.312. The van der Waals surface area contributed by atoms with Gasteiger partial charge in [-0.25, -0.2) is 0 Å². The van der Waals surface area contributed by atoms with E-state index in [4.69, 9.17) is 5.26 Å². The summed E-state index contributed by atoms with van der Waals surface area (Å²) in [4.78, 5) is 14.7. The molecule has 0 radical (unpaired) electrons. The molecule has 1 aliphatic rings. The number of hydrogen-bond donors (Lipinski definition) is 1. The number of rotatable bonds is 4. The number of carbonyl (C=O) groups is 1. The number of likely N-dealkylation sites (tertiary alicyclic amines) is 1. The second kappa shape index (κ2) is 7.17. The number of fused-ring (bicyclic) bond motifs is 1. The topological polar surface area (TPSA) is 99.2 Å².